The summed E-state index contributed by atoms with van der Waals surface area (Å²) in [5.74, 6) is 1.71. The Bertz CT molecular complexity index is 1130. The molecule has 170 valence electrons. The van der Waals surface area contributed by atoms with Gasteiger partial charge in [-0.2, -0.15) is 20.1 Å². The predicted molar refractivity (Wildman–Crippen MR) is 123 cm³/mol. The number of ether oxygens (including phenoxy) is 2. The van der Waals surface area contributed by atoms with Crippen molar-refractivity contribution in [3.8, 4) is 5.75 Å². The number of hydrogen-bond donors (Lipinski definition) is 2. The number of nitro benzene ring substituents is 1. The lowest BCUT2D eigenvalue weighted by molar-refractivity contribution is -0.385. The van der Waals surface area contributed by atoms with Crippen LogP contribution in [0.2, 0.25) is 0 Å². The number of rotatable bonds is 8. The molecule has 4 rings (SSSR count). The van der Waals surface area contributed by atoms with Gasteiger partial charge in [0.1, 0.15) is 5.75 Å². The fourth-order valence-corrected chi connectivity index (χ4v) is 3.10. The van der Waals surface area contributed by atoms with E-state index in [-0.39, 0.29) is 11.6 Å². The quantitative estimate of drug-likeness (QED) is 0.299. The van der Waals surface area contributed by atoms with Crippen LogP contribution in [0.25, 0.3) is 0 Å². The monoisotopic (exact) mass is 450 g/mol. The molecule has 3 aromatic rings. The number of nitrogens with zero attached hydrogens (tertiary/aromatic N) is 6. The Kier molecular flexibility index (Phi) is 6.85. The molecule has 1 fully saturated rings. The van der Waals surface area contributed by atoms with Crippen molar-refractivity contribution in [1.82, 2.24) is 15.0 Å². The molecule has 1 saturated heterocycles. The number of nitrogens with one attached hydrogen (secondary N) is 2. The highest BCUT2D eigenvalue weighted by molar-refractivity contribution is 5.85. The number of hydrazone groups is 1. The maximum absolute atomic E-state index is 11.2. The summed E-state index contributed by atoms with van der Waals surface area (Å²) in [5, 5.41) is 18.4. The smallest absolute Gasteiger partial charge is 0.278 e. The summed E-state index contributed by atoms with van der Waals surface area (Å²) in [7, 11) is 1.60. The molecule has 2 heterocycles. The van der Waals surface area contributed by atoms with E-state index in [9.17, 15) is 10.1 Å². The molecule has 0 saturated carbocycles. The zero-order valence-corrected chi connectivity index (χ0v) is 17.8. The molecule has 12 heteroatoms. The maximum Gasteiger partial charge on any atom is 0.278 e. The molecule has 1 aliphatic heterocycles. The Labute approximate surface area is 189 Å². The molecule has 12 nitrogen and oxygen atoms in total. The average molecular weight is 450 g/mol. The highest BCUT2D eigenvalue weighted by atomic mass is 16.6. The van der Waals surface area contributed by atoms with Crippen LogP contribution in [0.4, 0.5) is 29.2 Å². The molecule has 1 aliphatic rings. The molecular weight excluding hydrogens is 428 g/mol. The number of methoxy groups -OCH3 is 1. The molecule has 0 amide bonds. The molecule has 1 aromatic heterocycles. The first kappa shape index (κ1) is 21.9. The van der Waals surface area contributed by atoms with E-state index in [0.29, 0.717) is 43.8 Å². The summed E-state index contributed by atoms with van der Waals surface area (Å²) in [6.45, 7) is 2.44. The molecule has 0 bridgehead atoms. The van der Waals surface area contributed by atoms with Crippen LogP contribution in [0.15, 0.2) is 53.6 Å². The van der Waals surface area contributed by atoms with Gasteiger partial charge >= 0.3 is 0 Å². The van der Waals surface area contributed by atoms with E-state index in [1.165, 1.54) is 12.3 Å². The predicted octanol–water partition coefficient (Wildman–Crippen LogP) is 2.81. The van der Waals surface area contributed by atoms with E-state index in [2.05, 4.69) is 30.8 Å². The molecule has 0 atom stereocenters. The Balaban J connectivity index is 1.58. The molecule has 0 radical (unpaired) electrons. The van der Waals surface area contributed by atoms with Crippen LogP contribution in [-0.4, -0.2) is 59.5 Å². The van der Waals surface area contributed by atoms with Crippen molar-refractivity contribution in [2.45, 2.75) is 0 Å². The number of hydrogen-bond acceptors (Lipinski definition) is 11. The van der Waals surface area contributed by atoms with Crippen LogP contribution < -0.4 is 20.4 Å². The van der Waals surface area contributed by atoms with Crippen LogP contribution in [0.5, 0.6) is 5.75 Å². The van der Waals surface area contributed by atoms with Gasteiger partial charge in [0.2, 0.25) is 17.8 Å². The highest BCUT2D eigenvalue weighted by Crippen LogP contribution is 2.21. The SMILES string of the molecule is COc1ccc(Nc2nc(N/N=C/c3ccccc3[N+](=O)[O-])nc(N3CCOCC3)n2)cc1. The van der Waals surface area contributed by atoms with E-state index in [4.69, 9.17) is 9.47 Å². The Morgan fingerprint density at radius 3 is 2.55 bits per heavy atom. The van der Waals surface area contributed by atoms with Crippen molar-refractivity contribution < 1.29 is 14.4 Å². The average Bonchev–Trinajstić information content (AvgIpc) is 2.85. The first-order valence-electron chi connectivity index (χ1n) is 10.1. The van der Waals surface area contributed by atoms with Gasteiger partial charge in [-0.25, -0.2) is 5.43 Å². The largest absolute Gasteiger partial charge is 0.497 e. The third-order valence-corrected chi connectivity index (χ3v) is 4.77. The number of para-hydroxylation sites is 1. The molecule has 33 heavy (non-hydrogen) atoms. The van der Waals surface area contributed by atoms with Crippen molar-refractivity contribution in [2.24, 2.45) is 5.10 Å². The molecule has 0 unspecified atom stereocenters. The van der Waals surface area contributed by atoms with Crippen LogP contribution in [-0.2, 0) is 4.74 Å². The minimum Gasteiger partial charge on any atom is -0.497 e. The molecular formula is C21H22N8O4. The van der Waals surface area contributed by atoms with E-state index in [1.807, 2.05) is 29.2 Å². The molecule has 0 aliphatic carbocycles. The zero-order chi connectivity index (χ0) is 23.0. The fourth-order valence-electron chi connectivity index (χ4n) is 3.10. The first-order chi connectivity index (χ1) is 16.1. The standard InChI is InChI=1S/C21H22N8O4/c1-32-17-8-6-16(7-9-17)23-19-24-20(26-21(25-19)28-10-12-33-13-11-28)27-22-14-15-4-2-3-5-18(15)29(30)31/h2-9,14H,10-13H2,1H3,(H2,23,24,25,26,27)/b22-14+. The summed E-state index contributed by atoms with van der Waals surface area (Å²) in [4.78, 5) is 26.1. The van der Waals surface area contributed by atoms with E-state index in [0.717, 1.165) is 11.4 Å². The summed E-state index contributed by atoms with van der Waals surface area (Å²) < 4.78 is 10.6. The minimum absolute atomic E-state index is 0.0467. The Morgan fingerprint density at radius 2 is 1.82 bits per heavy atom. The van der Waals surface area contributed by atoms with Crippen LogP contribution in [0.1, 0.15) is 5.56 Å². The van der Waals surface area contributed by atoms with Crippen molar-refractivity contribution in [3.63, 3.8) is 0 Å². The third kappa shape index (κ3) is 5.68. The molecule has 2 aromatic carbocycles. The van der Waals surface area contributed by atoms with Gasteiger partial charge in [-0.05, 0) is 30.3 Å². The summed E-state index contributed by atoms with van der Waals surface area (Å²) in [5.41, 5.74) is 3.83. The molecule has 0 spiro atoms. The van der Waals surface area contributed by atoms with Crippen molar-refractivity contribution in [2.75, 3.05) is 49.1 Å². The zero-order valence-electron chi connectivity index (χ0n) is 17.8. The second-order valence-corrected chi connectivity index (χ2v) is 6.92. The second kappa shape index (κ2) is 10.3. The lowest BCUT2D eigenvalue weighted by Gasteiger charge is -2.27. The second-order valence-electron chi connectivity index (χ2n) is 6.92. The number of anilines is 4. The van der Waals surface area contributed by atoms with Crippen molar-refractivity contribution in [1.29, 1.82) is 0 Å². The van der Waals surface area contributed by atoms with Gasteiger partial charge < -0.3 is 19.7 Å². The third-order valence-electron chi connectivity index (χ3n) is 4.77. The fraction of sp³-hybridized carbons (Fsp3) is 0.238. The molecule has 2 N–H and O–H groups in total. The van der Waals surface area contributed by atoms with E-state index in [1.54, 1.807) is 25.3 Å². The lowest BCUT2D eigenvalue weighted by atomic mass is 10.2. The van der Waals surface area contributed by atoms with Crippen molar-refractivity contribution >= 4 is 35.4 Å². The first-order valence-corrected chi connectivity index (χ1v) is 10.1. The highest BCUT2D eigenvalue weighted by Gasteiger charge is 2.17. The van der Waals surface area contributed by atoms with Gasteiger partial charge in [-0.1, -0.05) is 12.1 Å². The van der Waals surface area contributed by atoms with Crippen LogP contribution in [0.3, 0.4) is 0 Å². The van der Waals surface area contributed by atoms with Gasteiger partial charge in [0.05, 0.1) is 37.0 Å². The Morgan fingerprint density at radius 1 is 1.09 bits per heavy atom. The van der Waals surface area contributed by atoms with Gasteiger partial charge in [-0.3, -0.25) is 10.1 Å². The number of nitro groups is 1. The number of aromatic nitrogens is 3. The van der Waals surface area contributed by atoms with Gasteiger partial charge in [0, 0.05) is 24.8 Å². The minimum atomic E-state index is -0.461. The topological polar surface area (TPSA) is 140 Å². The summed E-state index contributed by atoms with van der Waals surface area (Å²) in [6, 6.07) is 13.6. The van der Waals surface area contributed by atoms with E-state index >= 15 is 0 Å². The number of morpholine rings is 1. The Hall–Kier alpha value is -4.32. The van der Waals surface area contributed by atoms with Crippen LogP contribution >= 0.6 is 0 Å². The van der Waals surface area contributed by atoms with Crippen LogP contribution in [0, 0.1) is 10.1 Å². The maximum atomic E-state index is 11.2. The van der Waals surface area contributed by atoms with Gasteiger partial charge in [-0.15, -0.1) is 0 Å². The normalized spacial score (nSPS) is 13.7. The summed E-state index contributed by atoms with van der Waals surface area (Å²) >= 11 is 0. The summed E-state index contributed by atoms with van der Waals surface area (Å²) in [6.07, 6.45) is 1.35. The van der Waals surface area contributed by atoms with Crippen molar-refractivity contribution in [3.05, 3.63) is 64.2 Å². The van der Waals surface area contributed by atoms with E-state index < -0.39 is 4.92 Å². The van der Waals surface area contributed by atoms with Gasteiger partial charge in [0.15, 0.2) is 0 Å². The lowest BCUT2D eigenvalue weighted by Crippen LogP contribution is -2.37. The van der Waals surface area contributed by atoms with Gasteiger partial charge in [0.25, 0.3) is 5.69 Å². The number of benzene rings is 2.